The Morgan fingerprint density at radius 3 is 2.25 bits per heavy atom. The molecule has 2 heterocycles. The Morgan fingerprint density at radius 2 is 1.56 bits per heavy atom. The molecular weight excluding hydrogens is 450 g/mol. The molecule has 6 nitrogen and oxygen atoms in total. The summed E-state index contributed by atoms with van der Waals surface area (Å²) in [7, 11) is 0. The number of esters is 1. The van der Waals surface area contributed by atoms with E-state index in [-0.39, 0.29) is 17.8 Å². The highest BCUT2D eigenvalue weighted by Gasteiger charge is 2.34. The number of imidazole rings is 1. The van der Waals surface area contributed by atoms with Crippen molar-refractivity contribution < 1.29 is 14.3 Å². The van der Waals surface area contributed by atoms with Crippen LogP contribution in [0.15, 0.2) is 84.9 Å². The van der Waals surface area contributed by atoms with Crippen molar-refractivity contribution in [3.8, 4) is 0 Å². The molecule has 0 radical (unpaired) electrons. The number of ether oxygens (including phenoxy) is 1. The molecular formula is C30H31N3O3. The molecule has 0 spiro atoms. The van der Waals surface area contributed by atoms with Crippen LogP contribution in [0.4, 0.5) is 0 Å². The van der Waals surface area contributed by atoms with E-state index in [4.69, 9.17) is 9.72 Å². The number of hydrogen-bond acceptors (Lipinski definition) is 4. The number of carbonyl (C=O) groups excluding carboxylic acids is 2. The first-order chi connectivity index (χ1) is 17.7. The van der Waals surface area contributed by atoms with E-state index < -0.39 is 6.04 Å². The Labute approximate surface area is 211 Å². The highest BCUT2D eigenvalue weighted by Crippen LogP contribution is 2.31. The van der Waals surface area contributed by atoms with Crippen LogP contribution >= 0.6 is 0 Å². The average Bonchev–Trinajstić information content (AvgIpc) is 3.27. The van der Waals surface area contributed by atoms with E-state index in [1.807, 2.05) is 84.6 Å². The van der Waals surface area contributed by atoms with Crippen LogP contribution in [-0.4, -0.2) is 46.0 Å². The van der Waals surface area contributed by atoms with Gasteiger partial charge in [-0.25, -0.2) is 4.98 Å². The molecule has 1 amide bonds. The predicted molar refractivity (Wildman–Crippen MR) is 139 cm³/mol. The maximum atomic E-state index is 14.2. The van der Waals surface area contributed by atoms with E-state index in [9.17, 15) is 9.59 Å². The average molecular weight is 482 g/mol. The Kier molecular flexibility index (Phi) is 7.12. The highest BCUT2D eigenvalue weighted by atomic mass is 16.5. The number of hydrogen-bond donors (Lipinski definition) is 0. The molecule has 184 valence electrons. The first kappa shape index (κ1) is 23.8. The number of fused-ring (bicyclic) bond motifs is 1. The summed E-state index contributed by atoms with van der Waals surface area (Å²) in [4.78, 5) is 33.3. The van der Waals surface area contributed by atoms with Crippen molar-refractivity contribution in [2.75, 3.05) is 19.7 Å². The Morgan fingerprint density at radius 1 is 0.917 bits per heavy atom. The number of rotatable bonds is 7. The van der Waals surface area contributed by atoms with E-state index in [0.717, 1.165) is 28.0 Å². The summed E-state index contributed by atoms with van der Waals surface area (Å²) in [6.07, 6.45) is 1.86. The molecule has 1 aromatic heterocycles. The second-order valence-electron chi connectivity index (χ2n) is 9.21. The minimum Gasteiger partial charge on any atom is -0.466 e. The lowest BCUT2D eigenvalue weighted by Crippen LogP contribution is -2.44. The van der Waals surface area contributed by atoms with Gasteiger partial charge in [0.1, 0.15) is 11.9 Å². The van der Waals surface area contributed by atoms with E-state index >= 15 is 0 Å². The van der Waals surface area contributed by atoms with Crippen molar-refractivity contribution in [1.82, 2.24) is 14.5 Å². The summed E-state index contributed by atoms with van der Waals surface area (Å²) in [5.74, 6) is 0.578. The Hall–Kier alpha value is -3.93. The number of amides is 1. The van der Waals surface area contributed by atoms with Crippen LogP contribution in [0.3, 0.4) is 0 Å². The number of nitrogens with zero attached hydrogens (tertiary/aromatic N) is 3. The Balaban J connectivity index is 1.53. The molecule has 1 aliphatic heterocycles. The standard InChI is InChI=1S/C30H31N3O3/c1-2-36-30(35)24-17-19-32(20-18-24)29(34)28(23-13-7-4-8-14-23)33-26-16-10-9-15-25(26)31-27(33)21-22-11-5-3-6-12-22/h3-16,24,28H,2,17-21H2,1H3. The van der Waals surface area contributed by atoms with Crippen LogP contribution in [0, 0.1) is 5.92 Å². The molecule has 1 aliphatic rings. The molecule has 0 N–H and O–H groups in total. The van der Waals surface area contributed by atoms with Crippen molar-refractivity contribution in [1.29, 1.82) is 0 Å². The summed E-state index contributed by atoms with van der Waals surface area (Å²) in [5.41, 5.74) is 3.88. The summed E-state index contributed by atoms with van der Waals surface area (Å²) in [6, 6.07) is 27.6. The second kappa shape index (κ2) is 10.8. The largest absolute Gasteiger partial charge is 0.466 e. The fourth-order valence-corrected chi connectivity index (χ4v) is 5.09. The number of para-hydroxylation sites is 2. The molecule has 6 heteroatoms. The zero-order valence-corrected chi connectivity index (χ0v) is 20.5. The number of benzene rings is 3. The molecule has 1 atom stereocenters. The molecule has 0 aliphatic carbocycles. The van der Waals surface area contributed by atoms with Gasteiger partial charge in [0.25, 0.3) is 0 Å². The lowest BCUT2D eigenvalue weighted by molar-refractivity contribution is -0.151. The zero-order valence-electron chi connectivity index (χ0n) is 20.5. The third-order valence-corrected chi connectivity index (χ3v) is 6.91. The summed E-state index contributed by atoms with van der Waals surface area (Å²) >= 11 is 0. The highest BCUT2D eigenvalue weighted by molar-refractivity contribution is 5.87. The van der Waals surface area contributed by atoms with E-state index in [0.29, 0.717) is 39.0 Å². The third kappa shape index (κ3) is 4.89. The topological polar surface area (TPSA) is 64.4 Å². The van der Waals surface area contributed by atoms with Crippen LogP contribution < -0.4 is 0 Å². The van der Waals surface area contributed by atoms with Crippen LogP contribution in [0.25, 0.3) is 11.0 Å². The van der Waals surface area contributed by atoms with Gasteiger partial charge in [-0.1, -0.05) is 72.8 Å². The smallest absolute Gasteiger partial charge is 0.309 e. The van der Waals surface area contributed by atoms with Gasteiger partial charge in [0.2, 0.25) is 5.91 Å². The number of piperidine rings is 1. The minimum atomic E-state index is -0.545. The minimum absolute atomic E-state index is 0.0287. The molecule has 3 aromatic carbocycles. The monoisotopic (exact) mass is 481 g/mol. The first-order valence-electron chi connectivity index (χ1n) is 12.7. The molecule has 4 aromatic rings. The van der Waals surface area contributed by atoms with Gasteiger partial charge in [-0.05, 0) is 43.0 Å². The van der Waals surface area contributed by atoms with Gasteiger partial charge >= 0.3 is 5.97 Å². The summed E-state index contributed by atoms with van der Waals surface area (Å²) in [6.45, 7) is 3.27. The molecule has 1 saturated heterocycles. The van der Waals surface area contributed by atoms with Crippen LogP contribution in [0.1, 0.15) is 42.8 Å². The van der Waals surface area contributed by atoms with Gasteiger partial charge in [-0.15, -0.1) is 0 Å². The van der Waals surface area contributed by atoms with Crippen molar-refractivity contribution in [2.45, 2.75) is 32.2 Å². The SMILES string of the molecule is CCOC(=O)C1CCN(C(=O)C(c2ccccc2)n2c(Cc3ccccc3)nc3ccccc32)CC1. The van der Waals surface area contributed by atoms with Crippen molar-refractivity contribution in [3.05, 3.63) is 102 Å². The lowest BCUT2D eigenvalue weighted by Gasteiger charge is -2.34. The van der Waals surface area contributed by atoms with E-state index in [2.05, 4.69) is 16.7 Å². The molecule has 0 saturated carbocycles. The fourth-order valence-electron chi connectivity index (χ4n) is 5.09. The van der Waals surface area contributed by atoms with Gasteiger partial charge in [-0.2, -0.15) is 0 Å². The van der Waals surface area contributed by atoms with Crippen LogP contribution in [-0.2, 0) is 20.7 Å². The molecule has 5 rings (SSSR count). The molecule has 1 fully saturated rings. The van der Waals surface area contributed by atoms with Gasteiger partial charge < -0.3 is 14.2 Å². The van der Waals surface area contributed by atoms with E-state index in [1.165, 1.54) is 0 Å². The Bertz CT molecular complexity index is 1330. The molecule has 36 heavy (non-hydrogen) atoms. The normalized spacial score (nSPS) is 15.1. The van der Waals surface area contributed by atoms with Crippen molar-refractivity contribution >= 4 is 22.9 Å². The van der Waals surface area contributed by atoms with Crippen molar-refractivity contribution in [2.24, 2.45) is 5.92 Å². The third-order valence-electron chi connectivity index (χ3n) is 6.91. The first-order valence-corrected chi connectivity index (χ1v) is 12.7. The van der Waals surface area contributed by atoms with Gasteiger partial charge in [0, 0.05) is 19.5 Å². The van der Waals surface area contributed by atoms with E-state index in [1.54, 1.807) is 0 Å². The maximum Gasteiger partial charge on any atom is 0.309 e. The number of carbonyl (C=O) groups is 2. The number of likely N-dealkylation sites (tertiary alicyclic amines) is 1. The van der Waals surface area contributed by atoms with Gasteiger partial charge in [-0.3, -0.25) is 9.59 Å². The zero-order chi connectivity index (χ0) is 24.9. The fraction of sp³-hybridized carbons (Fsp3) is 0.300. The quantitative estimate of drug-likeness (QED) is 0.348. The van der Waals surface area contributed by atoms with Gasteiger partial charge in [0.05, 0.1) is 23.6 Å². The summed E-state index contributed by atoms with van der Waals surface area (Å²) in [5, 5.41) is 0. The molecule has 1 unspecified atom stereocenters. The summed E-state index contributed by atoms with van der Waals surface area (Å²) < 4.78 is 7.33. The maximum absolute atomic E-state index is 14.2. The predicted octanol–water partition coefficient (Wildman–Crippen LogP) is 5.02. The molecule has 0 bridgehead atoms. The van der Waals surface area contributed by atoms with Crippen LogP contribution in [0.2, 0.25) is 0 Å². The van der Waals surface area contributed by atoms with Crippen molar-refractivity contribution in [3.63, 3.8) is 0 Å². The van der Waals surface area contributed by atoms with Gasteiger partial charge in [0.15, 0.2) is 0 Å². The second-order valence-corrected chi connectivity index (χ2v) is 9.21. The lowest BCUT2D eigenvalue weighted by atomic mass is 9.95. The number of aromatic nitrogens is 2. The van der Waals surface area contributed by atoms with Crippen LogP contribution in [0.5, 0.6) is 0 Å².